The molecule has 3 rings (SSSR count). The molecule has 0 spiro atoms. The van der Waals surface area contributed by atoms with E-state index in [0.717, 1.165) is 20.1 Å². The van der Waals surface area contributed by atoms with E-state index in [-0.39, 0.29) is 5.91 Å². The maximum Gasteiger partial charge on any atom is 0.233 e. The molecule has 1 aromatic heterocycles. The van der Waals surface area contributed by atoms with Crippen molar-refractivity contribution in [1.82, 2.24) is 9.88 Å². The van der Waals surface area contributed by atoms with Gasteiger partial charge in [-0.25, -0.2) is 4.98 Å². The Kier molecular flexibility index (Phi) is 5.81. The Labute approximate surface area is 154 Å². The van der Waals surface area contributed by atoms with Gasteiger partial charge in [-0.15, -0.1) is 23.1 Å². The van der Waals surface area contributed by atoms with Crippen molar-refractivity contribution < 1.29 is 4.79 Å². The Balaban J connectivity index is 1.55. The molecule has 0 saturated heterocycles. The van der Waals surface area contributed by atoms with Gasteiger partial charge < -0.3 is 4.90 Å². The van der Waals surface area contributed by atoms with Crippen LogP contribution in [0.15, 0.2) is 57.8 Å². The van der Waals surface area contributed by atoms with Crippen LogP contribution in [0.1, 0.15) is 5.56 Å². The number of thiazole rings is 1. The van der Waals surface area contributed by atoms with Gasteiger partial charge in [-0.2, -0.15) is 0 Å². The fraction of sp³-hybridized carbons (Fsp3) is 0.222. The van der Waals surface area contributed by atoms with Crippen molar-refractivity contribution in [2.45, 2.75) is 15.8 Å². The molecule has 0 aliphatic carbocycles. The molecule has 124 valence electrons. The molecule has 2 aromatic carbocycles. The van der Waals surface area contributed by atoms with E-state index in [1.165, 1.54) is 16.7 Å². The molecule has 3 nitrogen and oxygen atoms in total. The molecular formula is C18H18N2OS3. The summed E-state index contributed by atoms with van der Waals surface area (Å²) in [5.41, 5.74) is 2.15. The smallest absolute Gasteiger partial charge is 0.233 e. The normalized spacial score (nSPS) is 10.9. The van der Waals surface area contributed by atoms with E-state index in [9.17, 15) is 4.79 Å². The average Bonchev–Trinajstić information content (AvgIpc) is 3.03. The predicted octanol–water partition coefficient (Wildman–Crippen LogP) is 4.77. The molecule has 0 saturated carbocycles. The molecule has 0 aliphatic rings. The van der Waals surface area contributed by atoms with Gasteiger partial charge in [0.15, 0.2) is 4.34 Å². The molecule has 0 bridgehead atoms. The van der Waals surface area contributed by atoms with E-state index in [2.05, 4.69) is 41.6 Å². The van der Waals surface area contributed by atoms with Crippen LogP contribution in [0.5, 0.6) is 0 Å². The number of carbonyl (C=O) groups excluding carboxylic acids is 1. The van der Waals surface area contributed by atoms with Crippen molar-refractivity contribution in [2.75, 3.05) is 19.1 Å². The van der Waals surface area contributed by atoms with Crippen LogP contribution in [0.2, 0.25) is 0 Å². The minimum atomic E-state index is 0.119. The van der Waals surface area contributed by atoms with Gasteiger partial charge in [-0.1, -0.05) is 36.0 Å². The Bertz CT molecular complexity index is 797. The molecule has 6 heteroatoms. The highest BCUT2D eigenvalue weighted by molar-refractivity contribution is 8.01. The summed E-state index contributed by atoms with van der Waals surface area (Å²) in [6, 6.07) is 16.4. The van der Waals surface area contributed by atoms with Gasteiger partial charge in [0.2, 0.25) is 5.91 Å². The molecule has 3 aromatic rings. The number of carbonyl (C=O) groups is 1. The zero-order valence-electron chi connectivity index (χ0n) is 13.6. The van der Waals surface area contributed by atoms with Gasteiger partial charge in [-0.3, -0.25) is 4.79 Å². The Hall–Kier alpha value is -1.50. The Morgan fingerprint density at radius 2 is 1.92 bits per heavy atom. The van der Waals surface area contributed by atoms with Crippen molar-refractivity contribution in [3.05, 3.63) is 54.1 Å². The lowest BCUT2D eigenvalue weighted by Gasteiger charge is -2.17. The number of para-hydroxylation sites is 1. The van der Waals surface area contributed by atoms with Crippen LogP contribution in [-0.4, -0.2) is 34.8 Å². The standard InChI is InChI=1S/C18H18N2OS3/c1-20(11-13-7-9-14(22-2)10-8-13)17(21)12-23-18-19-15-5-3-4-6-16(15)24-18/h3-10H,11-12H2,1-2H3. The van der Waals surface area contributed by atoms with E-state index in [1.54, 1.807) is 28.0 Å². The fourth-order valence-electron chi connectivity index (χ4n) is 2.24. The molecular weight excluding hydrogens is 356 g/mol. The highest BCUT2D eigenvalue weighted by Crippen LogP contribution is 2.29. The quantitative estimate of drug-likeness (QED) is 0.582. The van der Waals surface area contributed by atoms with E-state index >= 15 is 0 Å². The minimum absolute atomic E-state index is 0.119. The van der Waals surface area contributed by atoms with E-state index in [1.807, 2.05) is 25.2 Å². The number of rotatable bonds is 6. The molecule has 0 aliphatic heterocycles. The lowest BCUT2D eigenvalue weighted by molar-refractivity contribution is -0.127. The summed E-state index contributed by atoms with van der Waals surface area (Å²) in [4.78, 5) is 19.9. The summed E-state index contributed by atoms with van der Waals surface area (Å²) < 4.78 is 2.11. The molecule has 0 N–H and O–H groups in total. The second-order valence-electron chi connectivity index (χ2n) is 5.33. The topological polar surface area (TPSA) is 33.2 Å². The summed E-state index contributed by atoms with van der Waals surface area (Å²) in [5, 5.41) is 0. The van der Waals surface area contributed by atoms with Crippen molar-refractivity contribution >= 4 is 51.0 Å². The predicted molar refractivity (Wildman–Crippen MR) is 105 cm³/mol. The number of nitrogens with zero attached hydrogens (tertiary/aromatic N) is 2. The lowest BCUT2D eigenvalue weighted by Crippen LogP contribution is -2.27. The summed E-state index contributed by atoms with van der Waals surface area (Å²) >= 11 is 4.87. The van der Waals surface area contributed by atoms with Gasteiger partial charge in [0.25, 0.3) is 0 Å². The maximum atomic E-state index is 12.3. The Morgan fingerprint density at radius 3 is 2.62 bits per heavy atom. The highest BCUT2D eigenvalue weighted by atomic mass is 32.2. The molecule has 24 heavy (non-hydrogen) atoms. The first-order valence-electron chi connectivity index (χ1n) is 7.51. The van der Waals surface area contributed by atoms with Crippen molar-refractivity contribution in [3.8, 4) is 0 Å². The number of hydrogen-bond acceptors (Lipinski definition) is 5. The highest BCUT2D eigenvalue weighted by Gasteiger charge is 2.12. The monoisotopic (exact) mass is 374 g/mol. The van der Waals surface area contributed by atoms with Crippen LogP contribution in [0.4, 0.5) is 0 Å². The van der Waals surface area contributed by atoms with Crippen molar-refractivity contribution in [1.29, 1.82) is 0 Å². The third kappa shape index (κ3) is 4.32. The second-order valence-corrected chi connectivity index (χ2v) is 8.47. The zero-order valence-corrected chi connectivity index (χ0v) is 16.0. The average molecular weight is 375 g/mol. The molecule has 0 radical (unpaired) electrons. The van der Waals surface area contributed by atoms with Crippen LogP contribution >= 0.6 is 34.9 Å². The number of benzene rings is 2. The molecule has 1 amide bonds. The summed E-state index contributed by atoms with van der Waals surface area (Å²) in [6.45, 7) is 0.633. The molecule has 1 heterocycles. The zero-order chi connectivity index (χ0) is 16.9. The molecule has 0 fully saturated rings. The summed E-state index contributed by atoms with van der Waals surface area (Å²) in [7, 11) is 1.85. The SMILES string of the molecule is CSc1ccc(CN(C)C(=O)CSc2nc3ccccc3s2)cc1. The van der Waals surface area contributed by atoms with Crippen molar-refractivity contribution in [2.24, 2.45) is 0 Å². The Morgan fingerprint density at radius 1 is 1.17 bits per heavy atom. The number of aromatic nitrogens is 1. The number of amides is 1. The van der Waals surface area contributed by atoms with E-state index in [4.69, 9.17) is 0 Å². The van der Waals surface area contributed by atoms with Gasteiger partial charge in [0.1, 0.15) is 0 Å². The third-order valence-corrected chi connectivity index (χ3v) is 6.51. The van der Waals surface area contributed by atoms with Gasteiger partial charge in [0.05, 0.1) is 16.0 Å². The van der Waals surface area contributed by atoms with E-state index in [0.29, 0.717) is 12.3 Å². The van der Waals surface area contributed by atoms with Gasteiger partial charge in [0, 0.05) is 18.5 Å². The first-order valence-corrected chi connectivity index (χ1v) is 10.5. The lowest BCUT2D eigenvalue weighted by atomic mass is 10.2. The van der Waals surface area contributed by atoms with Crippen LogP contribution in [0, 0.1) is 0 Å². The van der Waals surface area contributed by atoms with Crippen LogP contribution in [-0.2, 0) is 11.3 Å². The van der Waals surface area contributed by atoms with Gasteiger partial charge in [-0.05, 0) is 36.1 Å². The van der Waals surface area contributed by atoms with Crippen LogP contribution < -0.4 is 0 Å². The summed E-state index contributed by atoms with van der Waals surface area (Å²) in [6.07, 6.45) is 2.06. The molecule has 0 atom stereocenters. The maximum absolute atomic E-state index is 12.3. The first kappa shape index (κ1) is 17.3. The first-order chi connectivity index (χ1) is 11.7. The second kappa shape index (κ2) is 8.05. The molecule has 0 unspecified atom stereocenters. The number of fused-ring (bicyclic) bond motifs is 1. The third-order valence-electron chi connectivity index (χ3n) is 3.60. The van der Waals surface area contributed by atoms with Gasteiger partial charge >= 0.3 is 0 Å². The van der Waals surface area contributed by atoms with Crippen molar-refractivity contribution in [3.63, 3.8) is 0 Å². The van der Waals surface area contributed by atoms with Crippen LogP contribution in [0.25, 0.3) is 10.2 Å². The largest absolute Gasteiger partial charge is 0.341 e. The summed E-state index contributed by atoms with van der Waals surface area (Å²) in [5.74, 6) is 0.535. The number of thioether (sulfide) groups is 2. The number of hydrogen-bond donors (Lipinski definition) is 0. The van der Waals surface area contributed by atoms with E-state index < -0.39 is 0 Å². The fourth-order valence-corrected chi connectivity index (χ4v) is 4.66. The van der Waals surface area contributed by atoms with Crippen LogP contribution in [0.3, 0.4) is 0 Å². The minimum Gasteiger partial charge on any atom is -0.341 e.